The monoisotopic (exact) mass is 777 g/mol. The number of non-ortho nitro benzene ring substituents is 1. The number of nitrogens with zero attached hydrogens (tertiary/aromatic N) is 7. The Morgan fingerprint density at radius 1 is 1.00 bits per heavy atom. The summed E-state index contributed by atoms with van der Waals surface area (Å²) in [6, 6.07) is 16.2. The van der Waals surface area contributed by atoms with Gasteiger partial charge in [-0.1, -0.05) is 0 Å². The highest BCUT2D eigenvalue weighted by molar-refractivity contribution is 5.78. The van der Waals surface area contributed by atoms with Crippen LogP contribution in [-0.2, 0) is 23.9 Å². The molecule has 3 aromatic carbocycles. The molecule has 18 nitrogen and oxygen atoms in total. The van der Waals surface area contributed by atoms with Crippen LogP contribution < -0.4 is 19.7 Å². The molecule has 0 aromatic heterocycles. The first kappa shape index (κ1) is 41.2. The zero-order valence-corrected chi connectivity index (χ0v) is 31.9. The van der Waals surface area contributed by atoms with Crippen LogP contribution in [0.5, 0.6) is 11.5 Å². The molecule has 2 atom stereocenters. The quantitative estimate of drug-likeness (QED) is 0.0525. The van der Waals surface area contributed by atoms with E-state index < -0.39 is 10.9 Å². The zero-order chi connectivity index (χ0) is 41.2. The number of aliphatic hydroxyl groups is 1. The Morgan fingerprint density at radius 2 is 1.62 bits per heavy atom. The molecule has 0 spiro atoms. The molecule has 2 N–H and O–H groups in total. The van der Waals surface area contributed by atoms with Crippen molar-refractivity contribution < 1.29 is 43.4 Å². The second-order valence-corrected chi connectivity index (χ2v) is 12.6. The maximum absolute atomic E-state index is 13.4. The number of aliphatic hydroxyl groups excluding tert-OH is 1. The average Bonchev–Trinajstić information content (AvgIpc) is 3.72. The van der Waals surface area contributed by atoms with Gasteiger partial charge in [-0.3, -0.25) is 19.7 Å². The number of likely N-dealkylation sites (tertiary alicyclic amines) is 1. The first-order valence-corrected chi connectivity index (χ1v) is 18.1. The molecular formula is C38H48N8O10. The minimum Gasteiger partial charge on any atom is -0.494 e. The van der Waals surface area contributed by atoms with Gasteiger partial charge in [-0.2, -0.15) is 10.2 Å². The Labute approximate surface area is 326 Å². The molecule has 1 heterocycles. The summed E-state index contributed by atoms with van der Waals surface area (Å²) in [6.07, 6.45) is 2.44. The molecule has 3 aromatic rings. The standard InChI is InChI=1S/C38H48N8O10/c1-5-44(18-7-9-37(49)45-19-6-8-33(45)26(22-47)23-56-38(50)25-55-24-36(48)39-2)29-14-10-27(11-15-29)40-42-31-20-35(54-4)32(21-34(31)53-3)43-41-28-12-16-30(17-13-28)46(51)52/h10-17,20-21,26,33,47H,5-9,18-19,22-25H2,1-4H3,(H,39,48)/i47D. The zero-order valence-electron chi connectivity index (χ0n) is 32.9. The number of anilines is 1. The topological polar surface area (TPSA) is 219 Å². The summed E-state index contributed by atoms with van der Waals surface area (Å²) in [7, 11) is 4.44. The number of esters is 1. The molecule has 18 heteroatoms. The largest absolute Gasteiger partial charge is 0.494 e. The van der Waals surface area contributed by atoms with Gasteiger partial charge in [0, 0.05) is 75.0 Å². The molecule has 2 amide bonds. The lowest BCUT2D eigenvalue weighted by molar-refractivity contribution is -0.384. The maximum Gasteiger partial charge on any atom is 0.332 e. The number of nitro groups is 1. The summed E-state index contributed by atoms with van der Waals surface area (Å²) in [4.78, 5) is 51.2. The second kappa shape index (κ2) is 21.8. The Balaban J connectivity index is 1.31. The number of carbonyl (C=O) groups excluding carboxylic acids is 3. The van der Waals surface area contributed by atoms with Crippen LogP contribution in [0.2, 0.25) is 0 Å². The molecule has 4 rings (SSSR count). The van der Waals surface area contributed by atoms with E-state index in [1.807, 2.05) is 31.2 Å². The molecule has 0 radical (unpaired) electrons. The molecule has 1 aliphatic heterocycles. The van der Waals surface area contributed by atoms with Gasteiger partial charge < -0.3 is 39.2 Å². The number of nitro benzene ring substituents is 1. The van der Waals surface area contributed by atoms with Crippen molar-refractivity contribution >= 4 is 51.9 Å². The fourth-order valence-electron chi connectivity index (χ4n) is 6.05. The SMILES string of the molecule is [2H]OCC(COC(=O)COCC(=O)NC)C1CCCN1C(=O)CCCN(CC)c1ccc(N=Nc2cc(OC)c(N=Nc3ccc([N+](=O)[O-])cc3)cc2OC)cc1. The van der Waals surface area contributed by atoms with E-state index in [4.69, 9.17) is 20.4 Å². The molecular weight excluding hydrogens is 728 g/mol. The summed E-state index contributed by atoms with van der Waals surface area (Å²) < 4.78 is 28.7. The van der Waals surface area contributed by atoms with Crippen LogP contribution in [0.3, 0.4) is 0 Å². The number of azo groups is 2. The van der Waals surface area contributed by atoms with Gasteiger partial charge in [0.1, 0.15) is 36.1 Å². The van der Waals surface area contributed by atoms with E-state index in [1.54, 1.807) is 17.0 Å². The van der Waals surface area contributed by atoms with Gasteiger partial charge in [-0.15, -0.1) is 10.2 Å². The van der Waals surface area contributed by atoms with Crippen LogP contribution in [0.4, 0.5) is 34.1 Å². The van der Waals surface area contributed by atoms with Crippen molar-refractivity contribution in [3.8, 4) is 11.5 Å². The normalized spacial score (nSPS) is 14.8. The lowest BCUT2D eigenvalue weighted by atomic mass is 9.99. The van der Waals surface area contributed by atoms with Crippen molar-refractivity contribution in [2.75, 3.05) is 72.2 Å². The van der Waals surface area contributed by atoms with E-state index in [1.165, 1.54) is 45.5 Å². The molecule has 0 aliphatic carbocycles. The lowest BCUT2D eigenvalue weighted by Gasteiger charge is -2.31. The van der Waals surface area contributed by atoms with Gasteiger partial charge >= 0.3 is 5.97 Å². The number of hydrogen-bond donors (Lipinski definition) is 2. The van der Waals surface area contributed by atoms with Crippen LogP contribution in [-0.4, -0.2) is 108 Å². The Kier molecular flexibility index (Phi) is 16.0. The molecule has 300 valence electrons. The number of nitrogens with one attached hydrogen (secondary N) is 1. The third kappa shape index (κ3) is 12.3. The van der Waals surface area contributed by atoms with E-state index >= 15 is 0 Å². The van der Waals surface area contributed by atoms with Crippen LogP contribution in [0, 0.1) is 16.0 Å². The van der Waals surface area contributed by atoms with Crippen molar-refractivity contribution in [1.82, 2.24) is 10.2 Å². The summed E-state index contributed by atoms with van der Waals surface area (Å²) in [5.74, 6) is -0.644. The number of amides is 2. The fraction of sp³-hybridized carbons (Fsp3) is 0.447. The van der Waals surface area contributed by atoms with Gasteiger partial charge in [-0.25, -0.2) is 4.79 Å². The Bertz CT molecular complexity index is 1860. The van der Waals surface area contributed by atoms with Crippen molar-refractivity contribution in [1.29, 1.82) is 1.43 Å². The third-order valence-corrected chi connectivity index (χ3v) is 9.07. The molecule has 1 fully saturated rings. The maximum atomic E-state index is 13.4. The van der Waals surface area contributed by atoms with Crippen LogP contribution in [0.15, 0.2) is 81.1 Å². The van der Waals surface area contributed by atoms with Gasteiger partial charge in [0.2, 0.25) is 13.2 Å². The Hall–Kier alpha value is -6.01. The third-order valence-electron chi connectivity index (χ3n) is 9.07. The number of rotatable bonds is 22. The number of hydrogen-bond acceptors (Lipinski definition) is 15. The van der Waals surface area contributed by atoms with E-state index in [-0.39, 0.29) is 55.9 Å². The summed E-state index contributed by atoms with van der Waals surface area (Å²) >= 11 is 0. The number of methoxy groups -OCH3 is 2. The molecule has 2 unspecified atom stereocenters. The fourth-order valence-corrected chi connectivity index (χ4v) is 6.05. The van der Waals surface area contributed by atoms with Crippen LogP contribution in [0.25, 0.3) is 0 Å². The molecule has 56 heavy (non-hydrogen) atoms. The first-order valence-electron chi connectivity index (χ1n) is 18.5. The summed E-state index contributed by atoms with van der Waals surface area (Å²) in [5, 5.41) is 35.1. The lowest BCUT2D eigenvalue weighted by Crippen LogP contribution is -2.43. The predicted molar refractivity (Wildman–Crippen MR) is 206 cm³/mol. The predicted octanol–water partition coefficient (Wildman–Crippen LogP) is 5.95. The van der Waals surface area contributed by atoms with E-state index in [2.05, 4.69) is 35.8 Å². The van der Waals surface area contributed by atoms with Crippen molar-refractivity contribution in [3.63, 3.8) is 0 Å². The number of ether oxygens (including phenoxy) is 4. The van der Waals surface area contributed by atoms with Gasteiger partial charge in [0.25, 0.3) is 5.69 Å². The van der Waals surface area contributed by atoms with Gasteiger partial charge in [0.05, 0.1) is 43.7 Å². The van der Waals surface area contributed by atoms with Crippen LogP contribution >= 0.6 is 0 Å². The smallest absolute Gasteiger partial charge is 0.332 e. The highest BCUT2D eigenvalue weighted by Gasteiger charge is 2.35. The summed E-state index contributed by atoms with van der Waals surface area (Å²) in [5.41, 5.74) is 2.69. The molecule has 0 saturated carbocycles. The highest BCUT2D eigenvalue weighted by atomic mass is 16.6. The average molecular weight is 778 g/mol. The minimum atomic E-state index is -0.642. The molecule has 1 saturated heterocycles. The number of benzene rings is 3. The van der Waals surface area contributed by atoms with Crippen molar-refractivity contribution in [3.05, 3.63) is 70.8 Å². The second-order valence-electron chi connectivity index (χ2n) is 12.6. The van der Waals surface area contributed by atoms with Crippen molar-refractivity contribution in [2.24, 2.45) is 26.4 Å². The number of likely N-dealkylation sites (N-methyl/N-ethyl adjacent to an activating group) is 1. The van der Waals surface area contributed by atoms with Crippen LogP contribution in [0.1, 0.15) is 32.6 Å². The van der Waals surface area contributed by atoms with E-state index in [9.17, 15) is 24.5 Å². The first-order chi connectivity index (χ1) is 27.6. The summed E-state index contributed by atoms with van der Waals surface area (Å²) in [6.45, 7) is 3.27. The number of carbonyl (C=O) groups is 3. The highest BCUT2D eigenvalue weighted by Crippen LogP contribution is 2.41. The van der Waals surface area contributed by atoms with Gasteiger partial charge in [-0.05, 0) is 62.6 Å². The van der Waals surface area contributed by atoms with E-state index in [0.717, 1.165) is 12.1 Å². The van der Waals surface area contributed by atoms with Gasteiger partial charge in [0.15, 0.2) is 0 Å². The molecule has 0 bridgehead atoms. The minimum absolute atomic E-state index is 0.00538. The van der Waals surface area contributed by atoms with Crippen molar-refractivity contribution in [2.45, 2.75) is 38.6 Å². The Morgan fingerprint density at radius 3 is 2.18 bits per heavy atom. The molecule has 1 aliphatic rings. The van der Waals surface area contributed by atoms with E-state index in [0.29, 0.717) is 73.1 Å².